The van der Waals surface area contributed by atoms with Crippen molar-refractivity contribution in [2.24, 2.45) is 0 Å². The maximum atomic E-state index is 6.26. The number of nitrogens with zero attached hydrogens (tertiary/aromatic N) is 1. The molecule has 1 aliphatic rings. The number of hydrogen-bond donors (Lipinski definition) is 1. The number of rotatable bonds is 3. The predicted molar refractivity (Wildman–Crippen MR) is 71.1 cm³/mol. The topological polar surface area (TPSA) is 29.3 Å². The number of benzene rings is 1. The summed E-state index contributed by atoms with van der Waals surface area (Å²) in [6, 6.07) is 6.38. The Morgan fingerprint density at radius 1 is 1.38 bits per heavy atom. The van der Waals surface area contributed by atoms with Crippen molar-refractivity contribution in [1.29, 1.82) is 0 Å². The minimum absolute atomic E-state index is 0.618. The molecule has 1 aliphatic carbocycles. The highest BCUT2D eigenvalue weighted by molar-refractivity contribution is 6.34. The second kappa shape index (κ2) is 4.96. The van der Waals surface area contributed by atoms with E-state index in [1.165, 1.54) is 25.7 Å². The molecule has 2 rings (SSSR count). The van der Waals surface area contributed by atoms with E-state index in [0.717, 1.165) is 22.9 Å². The molecule has 0 radical (unpaired) electrons. The molecule has 3 heteroatoms. The van der Waals surface area contributed by atoms with Gasteiger partial charge in [-0.3, -0.25) is 0 Å². The van der Waals surface area contributed by atoms with Crippen LogP contribution in [0, 0.1) is 0 Å². The van der Waals surface area contributed by atoms with Crippen LogP contribution < -0.4 is 10.6 Å². The van der Waals surface area contributed by atoms with Gasteiger partial charge in [-0.25, -0.2) is 0 Å². The van der Waals surface area contributed by atoms with Gasteiger partial charge in [-0.2, -0.15) is 0 Å². The van der Waals surface area contributed by atoms with Gasteiger partial charge in [0.2, 0.25) is 0 Å². The Balaban J connectivity index is 2.32. The van der Waals surface area contributed by atoms with Gasteiger partial charge in [-0.05, 0) is 31.9 Å². The fraction of sp³-hybridized carbons (Fsp3) is 0.538. The predicted octanol–water partition coefficient (Wildman–Crippen LogP) is 3.69. The van der Waals surface area contributed by atoms with Crippen molar-refractivity contribution in [2.45, 2.75) is 38.6 Å². The van der Waals surface area contributed by atoms with E-state index in [4.69, 9.17) is 17.3 Å². The molecule has 0 aromatic heterocycles. The third kappa shape index (κ3) is 2.12. The highest BCUT2D eigenvalue weighted by atomic mass is 35.5. The first-order chi connectivity index (χ1) is 7.74. The maximum absolute atomic E-state index is 6.26. The summed E-state index contributed by atoms with van der Waals surface area (Å²) >= 11 is 6.26. The largest absolute Gasteiger partial charge is 0.397 e. The average molecular weight is 239 g/mol. The minimum atomic E-state index is 0.618. The second-order valence-corrected chi connectivity index (χ2v) is 4.81. The first-order valence-corrected chi connectivity index (χ1v) is 6.42. The van der Waals surface area contributed by atoms with Crippen molar-refractivity contribution in [3.63, 3.8) is 0 Å². The molecule has 16 heavy (non-hydrogen) atoms. The lowest BCUT2D eigenvalue weighted by molar-refractivity contribution is 0.621. The normalized spacial score (nSPS) is 16.6. The van der Waals surface area contributed by atoms with Crippen molar-refractivity contribution in [3.05, 3.63) is 23.2 Å². The van der Waals surface area contributed by atoms with Gasteiger partial charge in [0.1, 0.15) is 0 Å². The minimum Gasteiger partial charge on any atom is -0.397 e. The Morgan fingerprint density at radius 3 is 2.62 bits per heavy atom. The van der Waals surface area contributed by atoms with Crippen LogP contribution >= 0.6 is 11.6 Å². The van der Waals surface area contributed by atoms with Gasteiger partial charge >= 0.3 is 0 Å². The Hall–Kier alpha value is -0.890. The average Bonchev–Trinajstić information content (AvgIpc) is 2.77. The molecule has 0 saturated heterocycles. The van der Waals surface area contributed by atoms with Crippen LogP contribution in [0.2, 0.25) is 5.02 Å². The quantitative estimate of drug-likeness (QED) is 0.814. The standard InChI is InChI=1S/C13H19ClN2/c1-2-16(10-6-3-4-7-10)13-11(14)8-5-9-12(13)15/h5,8-10H,2-4,6-7,15H2,1H3. The molecule has 88 valence electrons. The van der Waals surface area contributed by atoms with E-state index >= 15 is 0 Å². The van der Waals surface area contributed by atoms with Crippen LogP contribution in [0.4, 0.5) is 11.4 Å². The van der Waals surface area contributed by atoms with Crippen LogP contribution in [0.5, 0.6) is 0 Å². The highest BCUT2D eigenvalue weighted by Crippen LogP contribution is 2.36. The number of nitrogens with two attached hydrogens (primary N) is 1. The lowest BCUT2D eigenvalue weighted by Crippen LogP contribution is -2.33. The summed E-state index contributed by atoms with van der Waals surface area (Å²) in [7, 11) is 0. The molecule has 2 nitrogen and oxygen atoms in total. The van der Waals surface area contributed by atoms with Crippen LogP contribution in [0.3, 0.4) is 0 Å². The van der Waals surface area contributed by atoms with E-state index < -0.39 is 0 Å². The van der Waals surface area contributed by atoms with Crippen LogP contribution in [-0.2, 0) is 0 Å². The molecule has 1 aromatic carbocycles. The lowest BCUT2D eigenvalue weighted by atomic mass is 10.1. The fourth-order valence-corrected chi connectivity index (χ4v) is 2.94. The third-order valence-corrected chi connectivity index (χ3v) is 3.72. The molecule has 0 unspecified atom stereocenters. The van der Waals surface area contributed by atoms with Gasteiger partial charge in [0.05, 0.1) is 16.4 Å². The first kappa shape index (κ1) is 11.6. The number of anilines is 2. The number of hydrogen-bond acceptors (Lipinski definition) is 2. The molecular weight excluding hydrogens is 220 g/mol. The zero-order chi connectivity index (χ0) is 11.5. The summed E-state index contributed by atoms with van der Waals surface area (Å²) in [4.78, 5) is 2.37. The van der Waals surface area contributed by atoms with Crippen molar-refractivity contribution in [3.8, 4) is 0 Å². The van der Waals surface area contributed by atoms with Crippen LogP contribution in [-0.4, -0.2) is 12.6 Å². The van der Waals surface area contributed by atoms with Crippen molar-refractivity contribution in [2.75, 3.05) is 17.2 Å². The first-order valence-electron chi connectivity index (χ1n) is 6.04. The Labute approximate surface area is 102 Å². The van der Waals surface area contributed by atoms with E-state index in [0.29, 0.717) is 6.04 Å². The zero-order valence-electron chi connectivity index (χ0n) is 9.75. The van der Waals surface area contributed by atoms with E-state index in [-0.39, 0.29) is 0 Å². The summed E-state index contributed by atoms with van der Waals surface area (Å²) in [5.74, 6) is 0. The van der Waals surface area contributed by atoms with Crippen LogP contribution in [0.25, 0.3) is 0 Å². The Morgan fingerprint density at radius 2 is 2.06 bits per heavy atom. The maximum Gasteiger partial charge on any atom is 0.0791 e. The third-order valence-electron chi connectivity index (χ3n) is 3.41. The molecule has 1 fully saturated rings. The van der Waals surface area contributed by atoms with Gasteiger partial charge in [-0.15, -0.1) is 0 Å². The number of para-hydroxylation sites is 1. The molecule has 0 heterocycles. The van der Waals surface area contributed by atoms with E-state index in [2.05, 4.69) is 11.8 Å². The molecular formula is C13H19ClN2. The second-order valence-electron chi connectivity index (χ2n) is 4.40. The molecule has 0 amide bonds. The molecule has 2 N–H and O–H groups in total. The summed E-state index contributed by atoms with van der Waals surface area (Å²) < 4.78 is 0. The van der Waals surface area contributed by atoms with Crippen LogP contribution in [0.15, 0.2) is 18.2 Å². The molecule has 1 saturated carbocycles. The Kier molecular flexibility index (Phi) is 3.59. The van der Waals surface area contributed by atoms with Gasteiger partial charge in [0.25, 0.3) is 0 Å². The molecule has 1 aromatic rings. The van der Waals surface area contributed by atoms with Gasteiger partial charge in [-0.1, -0.05) is 30.5 Å². The molecule has 0 aliphatic heterocycles. The van der Waals surface area contributed by atoms with Crippen molar-refractivity contribution in [1.82, 2.24) is 0 Å². The van der Waals surface area contributed by atoms with E-state index in [1.54, 1.807) is 0 Å². The smallest absolute Gasteiger partial charge is 0.0791 e. The van der Waals surface area contributed by atoms with Crippen molar-refractivity contribution >= 4 is 23.0 Å². The van der Waals surface area contributed by atoms with Gasteiger partial charge in [0, 0.05) is 12.6 Å². The lowest BCUT2D eigenvalue weighted by Gasteiger charge is -2.31. The summed E-state index contributed by atoms with van der Waals surface area (Å²) in [5, 5.41) is 0.772. The SMILES string of the molecule is CCN(c1c(N)cccc1Cl)C1CCCC1. The molecule has 0 atom stereocenters. The zero-order valence-corrected chi connectivity index (χ0v) is 10.5. The van der Waals surface area contributed by atoms with Gasteiger partial charge in [0.15, 0.2) is 0 Å². The summed E-state index contributed by atoms with van der Waals surface area (Å²) in [6.45, 7) is 3.14. The Bertz CT molecular complexity index is 339. The fourth-order valence-electron chi connectivity index (χ4n) is 2.65. The molecule has 0 bridgehead atoms. The summed E-state index contributed by atoms with van der Waals surface area (Å²) in [5.41, 5.74) is 7.86. The monoisotopic (exact) mass is 238 g/mol. The number of halogens is 1. The summed E-state index contributed by atoms with van der Waals surface area (Å²) in [6.07, 6.45) is 5.17. The van der Waals surface area contributed by atoms with E-state index in [9.17, 15) is 0 Å². The van der Waals surface area contributed by atoms with Gasteiger partial charge < -0.3 is 10.6 Å². The van der Waals surface area contributed by atoms with Crippen LogP contribution in [0.1, 0.15) is 32.6 Å². The highest BCUT2D eigenvalue weighted by Gasteiger charge is 2.24. The van der Waals surface area contributed by atoms with Crippen molar-refractivity contribution < 1.29 is 0 Å². The molecule has 0 spiro atoms. The van der Waals surface area contributed by atoms with E-state index in [1.807, 2.05) is 18.2 Å². The number of nitrogen functional groups attached to an aromatic ring is 1.